The van der Waals surface area contributed by atoms with Gasteiger partial charge in [-0.05, 0) is 30.2 Å². The van der Waals surface area contributed by atoms with Gasteiger partial charge >= 0.3 is 5.97 Å². The van der Waals surface area contributed by atoms with Crippen molar-refractivity contribution in [1.82, 2.24) is 5.32 Å². The molecule has 0 radical (unpaired) electrons. The number of thiophene rings is 1. The monoisotopic (exact) mass is 341 g/mol. The lowest BCUT2D eigenvalue weighted by atomic mass is 9.86. The Hall–Kier alpha value is -1.01. The Morgan fingerprint density at radius 3 is 2.95 bits per heavy atom. The molecule has 2 rings (SSSR count). The highest BCUT2D eigenvalue weighted by molar-refractivity contribution is 7.99. The van der Waals surface area contributed by atoms with Gasteiger partial charge in [0, 0.05) is 16.7 Å². The second kappa shape index (κ2) is 9.20. The number of ether oxygens (including phenoxy) is 1. The average Bonchev–Trinajstić information content (AvgIpc) is 3.01. The van der Waals surface area contributed by atoms with E-state index >= 15 is 0 Å². The van der Waals surface area contributed by atoms with Gasteiger partial charge < -0.3 is 10.1 Å². The molecule has 0 aromatic carbocycles. The summed E-state index contributed by atoms with van der Waals surface area (Å²) in [6.45, 7) is 2.00. The molecule has 1 N–H and O–H groups in total. The zero-order chi connectivity index (χ0) is 15.8. The van der Waals surface area contributed by atoms with Gasteiger partial charge in [0.15, 0.2) is 6.61 Å². The number of hydrogen-bond acceptors (Lipinski definition) is 5. The molecule has 6 heteroatoms. The predicted molar refractivity (Wildman–Crippen MR) is 91.0 cm³/mol. The first kappa shape index (κ1) is 17.3. The molecule has 122 valence electrons. The van der Waals surface area contributed by atoms with Crippen molar-refractivity contribution in [3.8, 4) is 0 Å². The van der Waals surface area contributed by atoms with Gasteiger partial charge in [0.25, 0.3) is 5.91 Å². The Labute approximate surface area is 140 Å². The fourth-order valence-electron chi connectivity index (χ4n) is 2.60. The molecule has 0 aliphatic heterocycles. The second-order valence-corrected chi connectivity index (χ2v) is 7.69. The molecule has 1 heterocycles. The Morgan fingerprint density at radius 2 is 2.23 bits per heavy atom. The van der Waals surface area contributed by atoms with Crippen LogP contribution in [0.2, 0.25) is 0 Å². The van der Waals surface area contributed by atoms with Crippen molar-refractivity contribution in [2.24, 2.45) is 5.92 Å². The molecule has 1 aliphatic carbocycles. The van der Waals surface area contributed by atoms with Crippen molar-refractivity contribution >= 4 is 35.0 Å². The van der Waals surface area contributed by atoms with Crippen molar-refractivity contribution in [2.75, 3.05) is 12.4 Å². The highest BCUT2D eigenvalue weighted by Crippen LogP contribution is 2.23. The van der Waals surface area contributed by atoms with E-state index in [1.54, 1.807) is 11.3 Å². The minimum absolute atomic E-state index is 0.165. The quantitative estimate of drug-likeness (QED) is 0.774. The lowest BCUT2D eigenvalue weighted by Gasteiger charge is -2.29. The van der Waals surface area contributed by atoms with Crippen LogP contribution in [-0.4, -0.2) is 30.3 Å². The third-order valence-corrected chi connectivity index (χ3v) is 5.88. The van der Waals surface area contributed by atoms with E-state index < -0.39 is 0 Å². The highest BCUT2D eigenvalue weighted by Gasteiger charge is 2.23. The predicted octanol–water partition coefficient (Wildman–Crippen LogP) is 3.22. The zero-order valence-corrected chi connectivity index (χ0v) is 14.5. The first-order valence-corrected chi connectivity index (χ1v) is 9.73. The molecule has 1 aromatic rings. The fourth-order valence-corrected chi connectivity index (χ4v) is 4.26. The first-order valence-electron chi connectivity index (χ1n) is 7.70. The van der Waals surface area contributed by atoms with Crippen molar-refractivity contribution in [2.45, 2.75) is 44.4 Å². The second-order valence-electron chi connectivity index (χ2n) is 5.67. The van der Waals surface area contributed by atoms with Gasteiger partial charge in [0.1, 0.15) is 0 Å². The van der Waals surface area contributed by atoms with E-state index in [4.69, 9.17) is 4.74 Å². The van der Waals surface area contributed by atoms with Crippen LogP contribution in [0.15, 0.2) is 17.5 Å². The number of esters is 1. The molecule has 4 nitrogen and oxygen atoms in total. The number of thioether (sulfide) groups is 1. The van der Waals surface area contributed by atoms with Crippen molar-refractivity contribution in [1.29, 1.82) is 0 Å². The molecule has 1 amide bonds. The average molecular weight is 341 g/mol. The van der Waals surface area contributed by atoms with Crippen LogP contribution in [0.25, 0.3) is 0 Å². The zero-order valence-electron chi connectivity index (χ0n) is 12.9. The molecule has 22 heavy (non-hydrogen) atoms. The van der Waals surface area contributed by atoms with Gasteiger partial charge in [0.2, 0.25) is 0 Å². The summed E-state index contributed by atoms with van der Waals surface area (Å²) in [6, 6.07) is 4.27. The smallest absolute Gasteiger partial charge is 0.316 e. The van der Waals surface area contributed by atoms with Gasteiger partial charge in [-0.25, -0.2) is 0 Å². The molecular weight excluding hydrogens is 318 g/mol. The number of hydrogen-bond donors (Lipinski definition) is 1. The lowest BCUT2D eigenvalue weighted by Crippen LogP contribution is -2.43. The van der Waals surface area contributed by atoms with E-state index in [1.807, 2.05) is 17.5 Å². The summed E-state index contributed by atoms with van der Waals surface area (Å²) >= 11 is 3.19. The van der Waals surface area contributed by atoms with Gasteiger partial charge in [-0.15, -0.1) is 23.1 Å². The summed E-state index contributed by atoms with van der Waals surface area (Å²) in [4.78, 5) is 24.7. The number of amides is 1. The van der Waals surface area contributed by atoms with Gasteiger partial charge in [-0.1, -0.05) is 25.8 Å². The minimum atomic E-state index is -0.326. The third kappa shape index (κ3) is 6.01. The highest BCUT2D eigenvalue weighted by atomic mass is 32.2. The topological polar surface area (TPSA) is 55.4 Å². The summed E-state index contributed by atoms with van der Waals surface area (Å²) in [6.07, 6.45) is 4.58. The first-order chi connectivity index (χ1) is 10.6. The molecule has 0 bridgehead atoms. The van der Waals surface area contributed by atoms with E-state index in [0.717, 1.165) is 25.0 Å². The molecule has 0 unspecified atom stereocenters. The number of carbonyl (C=O) groups excluding carboxylic acids is 2. The summed E-state index contributed by atoms with van der Waals surface area (Å²) in [5.74, 6) is 1.09. The summed E-state index contributed by atoms with van der Waals surface area (Å²) in [5.41, 5.74) is 0. The molecule has 0 spiro atoms. The SMILES string of the molecule is C[C@@H]1CCCC[C@@H]1NC(=O)COC(=O)CSCc1cccs1. The van der Waals surface area contributed by atoms with Gasteiger partial charge in [0.05, 0.1) is 5.75 Å². The third-order valence-electron chi connectivity index (χ3n) is 3.87. The van der Waals surface area contributed by atoms with E-state index in [9.17, 15) is 9.59 Å². The molecule has 0 saturated heterocycles. The molecule has 1 fully saturated rings. The van der Waals surface area contributed by atoms with Gasteiger partial charge in [-0.2, -0.15) is 0 Å². The van der Waals surface area contributed by atoms with Gasteiger partial charge in [-0.3, -0.25) is 9.59 Å². The van der Waals surface area contributed by atoms with Crippen LogP contribution in [0.1, 0.15) is 37.5 Å². The summed E-state index contributed by atoms with van der Waals surface area (Å²) in [7, 11) is 0. The van der Waals surface area contributed by atoms with Crippen LogP contribution in [0.3, 0.4) is 0 Å². The van der Waals surface area contributed by atoms with Crippen LogP contribution in [-0.2, 0) is 20.1 Å². The van der Waals surface area contributed by atoms with Crippen LogP contribution >= 0.6 is 23.1 Å². The largest absolute Gasteiger partial charge is 0.455 e. The minimum Gasteiger partial charge on any atom is -0.455 e. The Bertz CT molecular complexity index is 476. The van der Waals surface area contributed by atoms with Crippen LogP contribution in [0.4, 0.5) is 0 Å². The number of carbonyl (C=O) groups is 2. The molecule has 1 aliphatic rings. The number of nitrogens with one attached hydrogen (secondary N) is 1. The lowest BCUT2D eigenvalue weighted by molar-refractivity contribution is -0.146. The maximum atomic E-state index is 11.8. The van der Waals surface area contributed by atoms with Crippen molar-refractivity contribution in [3.05, 3.63) is 22.4 Å². The summed E-state index contributed by atoms with van der Waals surface area (Å²) in [5, 5.41) is 5.00. The maximum Gasteiger partial charge on any atom is 0.316 e. The molecule has 2 atom stereocenters. The fraction of sp³-hybridized carbons (Fsp3) is 0.625. The molecule has 1 aromatic heterocycles. The maximum absolute atomic E-state index is 11.8. The van der Waals surface area contributed by atoms with Crippen molar-refractivity contribution < 1.29 is 14.3 Å². The Kier molecular flexibility index (Phi) is 7.25. The summed E-state index contributed by atoms with van der Waals surface area (Å²) < 4.78 is 5.03. The normalized spacial score (nSPS) is 21.3. The van der Waals surface area contributed by atoms with Crippen LogP contribution in [0, 0.1) is 5.92 Å². The Balaban J connectivity index is 1.58. The Morgan fingerprint density at radius 1 is 1.41 bits per heavy atom. The standard InChI is InChI=1S/C16H23NO3S2/c1-12-5-2-3-7-14(12)17-15(18)9-20-16(19)11-21-10-13-6-4-8-22-13/h4,6,8,12,14H,2-3,5,7,9-11H2,1H3,(H,17,18)/t12-,14+/m1/s1. The van der Waals surface area contributed by atoms with E-state index in [0.29, 0.717) is 5.92 Å². The molecule has 1 saturated carbocycles. The van der Waals surface area contributed by atoms with Crippen LogP contribution < -0.4 is 5.32 Å². The van der Waals surface area contributed by atoms with E-state index in [-0.39, 0.29) is 30.3 Å². The van der Waals surface area contributed by atoms with E-state index in [1.165, 1.54) is 23.1 Å². The molecular formula is C16H23NO3S2. The van der Waals surface area contributed by atoms with Crippen LogP contribution in [0.5, 0.6) is 0 Å². The van der Waals surface area contributed by atoms with Crippen molar-refractivity contribution in [3.63, 3.8) is 0 Å². The van der Waals surface area contributed by atoms with E-state index in [2.05, 4.69) is 12.2 Å². The number of rotatable bonds is 7.